The Morgan fingerprint density at radius 1 is 1.24 bits per heavy atom. The van der Waals surface area contributed by atoms with Crippen molar-refractivity contribution in [2.45, 2.75) is 42.6 Å². The van der Waals surface area contributed by atoms with Gasteiger partial charge in [-0.05, 0) is 36.8 Å². The first-order valence-corrected chi connectivity index (χ1v) is 12.0. The second-order valence-electron chi connectivity index (χ2n) is 7.76. The molecule has 1 unspecified atom stereocenters. The zero-order valence-electron chi connectivity index (χ0n) is 17.6. The molecule has 0 aliphatic carbocycles. The van der Waals surface area contributed by atoms with Crippen LogP contribution in [0.4, 0.5) is 13.2 Å². The Hall–Kier alpha value is -2.72. The zero-order valence-corrected chi connectivity index (χ0v) is 19.2. The number of halogens is 3. The quantitative estimate of drug-likeness (QED) is 0.323. The van der Waals surface area contributed by atoms with E-state index in [1.807, 2.05) is 25.1 Å². The maximum atomic E-state index is 12.8. The number of hydrogen-bond acceptors (Lipinski definition) is 5. The molecule has 0 saturated heterocycles. The van der Waals surface area contributed by atoms with Gasteiger partial charge in [0.2, 0.25) is 6.04 Å². The molecule has 2 aromatic carbocycles. The number of aliphatic carboxylic acids is 1. The lowest BCUT2D eigenvalue weighted by atomic mass is 9.92. The van der Waals surface area contributed by atoms with Crippen molar-refractivity contribution in [2.24, 2.45) is 0 Å². The Labute approximate surface area is 196 Å². The topological polar surface area (TPSA) is 70.3 Å². The summed E-state index contributed by atoms with van der Waals surface area (Å²) in [5.41, 5.74) is 2.55. The molecule has 10 heteroatoms. The zero-order chi connectivity index (χ0) is 23.8. The van der Waals surface area contributed by atoms with Crippen LogP contribution in [0.25, 0.3) is 10.6 Å². The second kappa shape index (κ2) is 9.26. The lowest BCUT2D eigenvalue weighted by molar-refractivity contribution is -0.595. The molecule has 1 aromatic heterocycles. The Bertz CT molecular complexity index is 1210. The highest BCUT2D eigenvalue weighted by Crippen LogP contribution is 2.37. The molecule has 4 rings (SSSR count). The van der Waals surface area contributed by atoms with E-state index in [2.05, 4.69) is 4.98 Å². The fourth-order valence-electron chi connectivity index (χ4n) is 3.77. The number of rotatable bonds is 6. The number of fused-ring (bicyclic) bond motifs is 1. The summed E-state index contributed by atoms with van der Waals surface area (Å²) in [7, 11) is 0. The van der Waals surface area contributed by atoms with Crippen molar-refractivity contribution in [3.05, 3.63) is 74.6 Å². The molecule has 172 valence electrons. The van der Waals surface area contributed by atoms with Gasteiger partial charge in [-0.3, -0.25) is 4.79 Å². The van der Waals surface area contributed by atoms with Gasteiger partial charge in [0, 0.05) is 42.7 Å². The summed E-state index contributed by atoms with van der Waals surface area (Å²) in [6, 6.07) is 10.1. The van der Waals surface area contributed by atoms with E-state index in [1.54, 1.807) is 11.8 Å². The average molecular weight is 494 g/mol. The predicted octanol–water partition coefficient (Wildman–Crippen LogP) is 6.28. The monoisotopic (exact) mass is 493 g/mol. The van der Waals surface area contributed by atoms with Crippen molar-refractivity contribution >= 4 is 29.1 Å². The molecule has 0 fully saturated rings. The molecule has 3 aromatic rings. The number of carboxylic acid groups (broad SMARTS) is 1. The van der Waals surface area contributed by atoms with Crippen molar-refractivity contribution in [3.63, 3.8) is 0 Å². The first-order valence-electron chi connectivity index (χ1n) is 10.2. The maximum absolute atomic E-state index is 12.8. The molecule has 1 aliphatic heterocycles. The summed E-state index contributed by atoms with van der Waals surface area (Å²) in [5.74, 6) is -0.355. The molecule has 0 radical (unpaired) electrons. The second-order valence-corrected chi connectivity index (χ2v) is 9.89. The molecule has 1 aliphatic rings. The van der Waals surface area contributed by atoms with E-state index in [0.717, 1.165) is 43.5 Å². The summed E-state index contributed by atoms with van der Waals surface area (Å²) >= 11 is 3.06. The van der Waals surface area contributed by atoms with Crippen molar-refractivity contribution in [3.8, 4) is 10.6 Å². The Balaban J connectivity index is 1.47. The van der Waals surface area contributed by atoms with Crippen LogP contribution in [0.5, 0.6) is 0 Å². The molecule has 1 N–H and O–H groups in total. The molecule has 33 heavy (non-hydrogen) atoms. The molecule has 2 heterocycles. The van der Waals surface area contributed by atoms with E-state index in [9.17, 15) is 22.9 Å². The highest BCUT2D eigenvalue weighted by molar-refractivity contribution is 7.98. The summed E-state index contributed by atoms with van der Waals surface area (Å²) in [6.07, 6.45) is -4.02. The largest absolute Gasteiger partial charge is 0.481 e. The summed E-state index contributed by atoms with van der Waals surface area (Å²) < 4.78 is 39.2. The molecule has 0 bridgehead atoms. The number of nitrogens with zero attached hydrogens (tertiary/aromatic N) is 2. The van der Waals surface area contributed by atoms with E-state index in [-0.39, 0.29) is 13.0 Å². The van der Waals surface area contributed by atoms with Crippen LogP contribution in [0.1, 0.15) is 39.7 Å². The number of carbonyl (C=O) groups is 1. The van der Waals surface area contributed by atoms with Gasteiger partial charge in [-0.2, -0.15) is 13.2 Å². The predicted molar refractivity (Wildman–Crippen MR) is 120 cm³/mol. The number of carboxylic acids is 1. The molecule has 0 amide bonds. The third-order valence-corrected chi connectivity index (χ3v) is 7.92. The van der Waals surface area contributed by atoms with Gasteiger partial charge in [0.1, 0.15) is 11.4 Å². The number of aryl methyl sites for hydroxylation is 1. The number of alkyl halides is 3. The molecular formula is C23H20F3N2O3S2+. The normalized spacial score (nSPS) is 16.0. The number of thioether (sulfide) groups is 1. The fraction of sp³-hybridized carbons (Fsp3) is 0.304. The third kappa shape index (κ3) is 5.27. The Morgan fingerprint density at radius 3 is 2.64 bits per heavy atom. The van der Waals surface area contributed by atoms with Crippen molar-refractivity contribution in [1.82, 2.24) is 4.98 Å². The molecular weight excluding hydrogens is 473 g/mol. The van der Waals surface area contributed by atoms with Crippen molar-refractivity contribution in [2.75, 3.05) is 6.54 Å². The summed E-state index contributed by atoms with van der Waals surface area (Å²) in [5, 5.41) is 9.78. The van der Waals surface area contributed by atoms with E-state index in [4.69, 9.17) is 5.11 Å². The Morgan fingerprint density at radius 2 is 1.97 bits per heavy atom. The standard InChI is InChI=1S/C23H19F3N2O3S2/c1-13-20(33-22(27-13)14-2-4-16(5-3-14)23(24,25)26)12-32-17-6-7-18-15(10-17)8-9-28(31)19(18)11-21(29)30/h2-7,10,19H,8-9,11-12H2,1H3/p+1. The first kappa shape index (κ1) is 23.4. The number of thiazole rings is 1. The van der Waals surface area contributed by atoms with Crippen LogP contribution < -0.4 is 0 Å². The van der Waals surface area contributed by atoms with Crippen LogP contribution in [0.2, 0.25) is 0 Å². The molecule has 0 spiro atoms. The van der Waals surface area contributed by atoms with Crippen molar-refractivity contribution < 1.29 is 27.8 Å². The van der Waals surface area contributed by atoms with Gasteiger partial charge in [-0.15, -0.1) is 23.1 Å². The fourth-order valence-corrected chi connectivity index (χ4v) is 5.94. The number of nitroso groups, excluding NO2 is 1. The Kier molecular flexibility index (Phi) is 6.58. The minimum absolute atomic E-state index is 0.226. The molecule has 5 nitrogen and oxygen atoms in total. The molecule has 1 atom stereocenters. The smallest absolute Gasteiger partial charge is 0.416 e. The summed E-state index contributed by atoms with van der Waals surface area (Å²) in [6.45, 7) is 2.15. The minimum atomic E-state index is -4.37. The number of benzene rings is 2. The van der Waals surface area contributed by atoms with E-state index in [1.165, 1.54) is 23.5 Å². The van der Waals surface area contributed by atoms with Gasteiger partial charge in [-0.25, -0.2) is 4.98 Å². The average Bonchev–Trinajstić information content (AvgIpc) is 3.14. The SMILES string of the molecule is Cc1nc(-c2ccc(C(F)(F)F)cc2)sc1CSc1ccc2c(c1)CC[N+](=O)C2CC(=O)O. The van der Waals surface area contributed by atoms with Gasteiger partial charge in [-0.1, -0.05) is 18.2 Å². The lowest BCUT2D eigenvalue weighted by Gasteiger charge is -2.18. The van der Waals surface area contributed by atoms with Gasteiger partial charge >= 0.3 is 12.1 Å². The highest BCUT2D eigenvalue weighted by atomic mass is 32.2. The number of aromatic nitrogens is 1. The highest BCUT2D eigenvalue weighted by Gasteiger charge is 2.36. The van der Waals surface area contributed by atoms with Crippen LogP contribution in [-0.2, 0) is 23.1 Å². The first-order chi connectivity index (χ1) is 15.6. The van der Waals surface area contributed by atoms with Crippen LogP contribution in [0.3, 0.4) is 0 Å². The minimum Gasteiger partial charge on any atom is -0.481 e. The van der Waals surface area contributed by atoms with Gasteiger partial charge in [0.05, 0.1) is 11.3 Å². The van der Waals surface area contributed by atoms with E-state index < -0.39 is 23.8 Å². The van der Waals surface area contributed by atoms with Crippen LogP contribution >= 0.6 is 23.1 Å². The van der Waals surface area contributed by atoms with Crippen LogP contribution in [-0.4, -0.2) is 27.4 Å². The van der Waals surface area contributed by atoms with Crippen molar-refractivity contribution in [1.29, 1.82) is 0 Å². The van der Waals surface area contributed by atoms with E-state index >= 15 is 0 Å². The third-order valence-electron chi connectivity index (χ3n) is 5.51. The van der Waals surface area contributed by atoms with Gasteiger partial charge < -0.3 is 5.11 Å². The van der Waals surface area contributed by atoms with Crippen LogP contribution in [0.15, 0.2) is 47.4 Å². The van der Waals surface area contributed by atoms with Gasteiger partial charge in [0.15, 0.2) is 6.54 Å². The summed E-state index contributed by atoms with van der Waals surface area (Å²) in [4.78, 5) is 29.8. The van der Waals surface area contributed by atoms with E-state index in [0.29, 0.717) is 22.7 Å². The van der Waals surface area contributed by atoms with Gasteiger partial charge in [0.25, 0.3) is 0 Å². The number of hydrogen-bond donors (Lipinski definition) is 1. The molecule has 0 saturated carbocycles. The lowest BCUT2D eigenvalue weighted by Crippen LogP contribution is -2.27. The van der Waals surface area contributed by atoms with Crippen LogP contribution in [0, 0.1) is 11.8 Å². The maximum Gasteiger partial charge on any atom is 0.416 e.